The number of nitrogens with zero attached hydrogens (tertiary/aromatic N) is 2. The molecule has 0 radical (unpaired) electrons. The summed E-state index contributed by atoms with van der Waals surface area (Å²) in [6.45, 7) is 1.75. The number of aryl methyl sites for hydroxylation is 2. The highest BCUT2D eigenvalue weighted by Crippen LogP contribution is 2.21. The zero-order valence-electron chi connectivity index (χ0n) is 11.3. The van der Waals surface area contributed by atoms with Gasteiger partial charge in [-0.1, -0.05) is 11.6 Å². The molecule has 110 valence electrons. The van der Waals surface area contributed by atoms with Crippen molar-refractivity contribution >= 4 is 35.0 Å². The summed E-state index contributed by atoms with van der Waals surface area (Å²) in [6, 6.07) is 3.64. The average molecular weight is 309 g/mol. The fourth-order valence-electron chi connectivity index (χ4n) is 1.80. The van der Waals surface area contributed by atoms with Crippen molar-refractivity contribution in [3.63, 3.8) is 0 Å². The molecule has 0 bridgehead atoms. The molecule has 0 saturated heterocycles. The molecule has 2 rings (SSSR count). The fourth-order valence-corrected chi connectivity index (χ4v) is 1.97. The Bertz CT molecular complexity index is 711. The number of hydrogen-bond donors (Lipinski definition) is 3. The van der Waals surface area contributed by atoms with Crippen molar-refractivity contribution < 1.29 is 14.7 Å². The lowest BCUT2D eigenvalue weighted by Gasteiger charge is -2.09. The number of hydrogen-bond acceptors (Lipinski definition) is 3. The van der Waals surface area contributed by atoms with Gasteiger partial charge in [0.25, 0.3) is 0 Å². The lowest BCUT2D eigenvalue weighted by molar-refractivity contribution is 0.0698. The highest BCUT2D eigenvalue weighted by molar-refractivity contribution is 6.31. The van der Waals surface area contributed by atoms with Crippen LogP contribution in [0, 0.1) is 6.92 Å². The number of urea groups is 1. The smallest absolute Gasteiger partial charge is 0.337 e. The predicted octanol–water partition coefficient (Wildman–Crippen LogP) is 2.72. The molecule has 21 heavy (non-hydrogen) atoms. The molecule has 2 aromatic rings. The van der Waals surface area contributed by atoms with Crippen LogP contribution >= 0.6 is 11.6 Å². The molecular formula is C13H13ClN4O3. The second-order valence-electron chi connectivity index (χ2n) is 4.38. The lowest BCUT2D eigenvalue weighted by atomic mass is 10.2. The van der Waals surface area contributed by atoms with E-state index in [1.54, 1.807) is 24.9 Å². The Hall–Kier alpha value is -2.54. The first kappa shape index (κ1) is 14.9. The lowest BCUT2D eigenvalue weighted by Crippen LogP contribution is -2.21. The van der Waals surface area contributed by atoms with Crippen LogP contribution in [0.15, 0.2) is 24.4 Å². The van der Waals surface area contributed by atoms with Gasteiger partial charge in [-0.3, -0.25) is 4.68 Å². The van der Waals surface area contributed by atoms with Crippen LogP contribution in [0.25, 0.3) is 0 Å². The second kappa shape index (κ2) is 5.84. The minimum Gasteiger partial charge on any atom is -0.478 e. The van der Waals surface area contributed by atoms with Crippen molar-refractivity contribution in [3.8, 4) is 0 Å². The van der Waals surface area contributed by atoms with Gasteiger partial charge in [-0.05, 0) is 25.1 Å². The first-order chi connectivity index (χ1) is 9.86. The molecule has 0 spiro atoms. The Balaban J connectivity index is 2.16. The number of nitrogens with one attached hydrogen (secondary N) is 2. The van der Waals surface area contributed by atoms with E-state index in [4.69, 9.17) is 16.7 Å². The number of carboxylic acids is 1. The number of carbonyl (C=O) groups excluding carboxylic acids is 1. The summed E-state index contributed by atoms with van der Waals surface area (Å²) in [4.78, 5) is 23.0. The molecule has 0 unspecified atom stereocenters. The number of aromatic nitrogens is 2. The summed E-state index contributed by atoms with van der Waals surface area (Å²) in [6.07, 6.45) is 1.65. The Morgan fingerprint density at radius 1 is 1.29 bits per heavy atom. The van der Waals surface area contributed by atoms with Crippen LogP contribution < -0.4 is 10.6 Å². The molecule has 1 heterocycles. The van der Waals surface area contributed by atoms with Crippen LogP contribution in [-0.4, -0.2) is 26.9 Å². The molecule has 0 aliphatic rings. The number of carbonyl (C=O) groups is 2. The van der Waals surface area contributed by atoms with Crippen molar-refractivity contribution in [2.75, 3.05) is 10.6 Å². The van der Waals surface area contributed by atoms with E-state index in [1.165, 1.54) is 18.2 Å². The Kier molecular flexibility index (Phi) is 4.13. The predicted molar refractivity (Wildman–Crippen MR) is 79.0 cm³/mol. The van der Waals surface area contributed by atoms with Gasteiger partial charge < -0.3 is 15.7 Å². The largest absolute Gasteiger partial charge is 0.478 e. The van der Waals surface area contributed by atoms with Gasteiger partial charge in [0, 0.05) is 18.3 Å². The van der Waals surface area contributed by atoms with Crippen molar-refractivity contribution in [1.29, 1.82) is 0 Å². The van der Waals surface area contributed by atoms with E-state index >= 15 is 0 Å². The molecule has 1 aromatic carbocycles. The molecular weight excluding hydrogens is 296 g/mol. The highest BCUT2D eigenvalue weighted by Gasteiger charge is 2.14. The normalized spacial score (nSPS) is 10.2. The van der Waals surface area contributed by atoms with E-state index in [0.29, 0.717) is 11.4 Å². The molecule has 7 nitrogen and oxygen atoms in total. The number of halogens is 1. The van der Waals surface area contributed by atoms with Gasteiger partial charge in [0.1, 0.15) is 0 Å². The molecule has 2 amide bonds. The number of anilines is 2. The molecule has 8 heteroatoms. The van der Waals surface area contributed by atoms with Gasteiger partial charge in [0.15, 0.2) is 0 Å². The maximum absolute atomic E-state index is 11.9. The van der Waals surface area contributed by atoms with Crippen molar-refractivity contribution in [1.82, 2.24) is 9.78 Å². The zero-order chi connectivity index (χ0) is 15.6. The Morgan fingerprint density at radius 2 is 1.95 bits per heavy atom. The van der Waals surface area contributed by atoms with E-state index < -0.39 is 12.0 Å². The molecule has 0 aliphatic carbocycles. The number of amides is 2. The van der Waals surface area contributed by atoms with Gasteiger partial charge in [0.2, 0.25) is 0 Å². The summed E-state index contributed by atoms with van der Waals surface area (Å²) in [5, 5.41) is 18.5. The van der Waals surface area contributed by atoms with Crippen molar-refractivity contribution in [2.45, 2.75) is 6.92 Å². The maximum Gasteiger partial charge on any atom is 0.337 e. The first-order valence-corrected chi connectivity index (χ1v) is 6.35. The average Bonchev–Trinajstić information content (AvgIpc) is 2.69. The summed E-state index contributed by atoms with van der Waals surface area (Å²) in [5.41, 5.74) is 1.27. The Labute approximate surface area is 125 Å². The van der Waals surface area contributed by atoms with Crippen LogP contribution in [0.4, 0.5) is 16.2 Å². The van der Waals surface area contributed by atoms with Crippen molar-refractivity contribution in [3.05, 3.63) is 40.7 Å². The van der Waals surface area contributed by atoms with E-state index in [1.807, 2.05) is 0 Å². The SMILES string of the molecule is Cc1nn(C)cc1NC(=O)Nc1ccc(Cl)cc1C(=O)O. The summed E-state index contributed by atoms with van der Waals surface area (Å²) < 4.78 is 1.57. The van der Waals surface area contributed by atoms with Gasteiger partial charge in [-0.2, -0.15) is 5.10 Å². The molecule has 0 aliphatic heterocycles. The van der Waals surface area contributed by atoms with Gasteiger partial charge in [-0.15, -0.1) is 0 Å². The summed E-state index contributed by atoms with van der Waals surface area (Å²) in [5.74, 6) is -1.18. The topological polar surface area (TPSA) is 96.3 Å². The van der Waals surface area contributed by atoms with E-state index in [0.717, 1.165) is 0 Å². The van der Waals surface area contributed by atoms with E-state index in [9.17, 15) is 9.59 Å². The number of benzene rings is 1. The van der Waals surface area contributed by atoms with Crippen LogP contribution in [0.1, 0.15) is 16.1 Å². The summed E-state index contributed by atoms with van der Waals surface area (Å²) in [7, 11) is 1.73. The van der Waals surface area contributed by atoms with Gasteiger partial charge in [-0.25, -0.2) is 9.59 Å². The third kappa shape index (κ3) is 3.51. The monoisotopic (exact) mass is 308 g/mol. The quantitative estimate of drug-likeness (QED) is 0.812. The van der Waals surface area contributed by atoms with Gasteiger partial charge in [0.05, 0.1) is 22.6 Å². The summed E-state index contributed by atoms with van der Waals surface area (Å²) >= 11 is 5.75. The Morgan fingerprint density at radius 3 is 2.52 bits per heavy atom. The van der Waals surface area contributed by atoms with Crippen LogP contribution in [0.3, 0.4) is 0 Å². The van der Waals surface area contributed by atoms with Gasteiger partial charge >= 0.3 is 12.0 Å². The molecule has 0 saturated carbocycles. The third-order valence-electron chi connectivity index (χ3n) is 2.72. The minimum absolute atomic E-state index is 0.0828. The number of rotatable bonds is 3. The van der Waals surface area contributed by atoms with Crippen LogP contribution in [0.2, 0.25) is 5.02 Å². The number of aromatic carboxylic acids is 1. The van der Waals surface area contributed by atoms with E-state index in [2.05, 4.69) is 15.7 Å². The number of carboxylic acid groups (broad SMARTS) is 1. The van der Waals surface area contributed by atoms with Crippen LogP contribution in [-0.2, 0) is 7.05 Å². The maximum atomic E-state index is 11.9. The fraction of sp³-hybridized carbons (Fsp3) is 0.154. The first-order valence-electron chi connectivity index (χ1n) is 5.98. The van der Waals surface area contributed by atoms with E-state index in [-0.39, 0.29) is 16.3 Å². The standard InChI is InChI=1S/C13H13ClN4O3/c1-7-11(6-18(2)17-7)16-13(21)15-10-4-3-8(14)5-9(10)12(19)20/h3-6H,1-2H3,(H,19,20)(H2,15,16,21). The molecule has 1 aromatic heterocycles. The third-order valence-corrected chi connectivity index (χ3v) is 2.96. The second-order valence-corrected chi connectivity index (χ2v) is 4.81. The van der Waals surface area contributed by atoms with Crippen molar-refractivity contribution in [2.24, 2.45) is 7.05 Å². The van der Waals surface area contributed by atoms with Crippen LogP contribution in [0.5, 0.6) is 0 Å². The zero-order valence-corrected chi connectivity index (χ0v) is 12.1. The molecule has 0 atom stereocenters. The highest BCUT2D eigenvalue weighted by atomic mass is 35.5. The molecule has 0 fully saturated rings. The molecule has 3 N–H and O–H groups in total. The minimum atomic E-state index is -1.18.